The van der Waals surface area contributed by atoms with Gasteiger partial charge in [-0.3, -0.25) is 0 Å². The zero-order valence-corrected chi connectivity index (χ0v) is 22.3. The van der Waals surface area contributed by atoms with Crippen LogP contribution in [0.4, 0.5) is 0 Å². The molecule has 3 aliphatic heterocycles. The second-order valence-electron chi connectivity index (χ2n) is 12.5. The predicted molar refractivity (Wildman–Crippen MR) is 162 cm³/mol. The van der Waals surface area contributed by atoms with Crippen LogP contribution in [0.2, 0.25) is 0 Å². The van der Waals surface area contributed by atoms with Gasteiger partial charge in [-0.15, -0.1) is 0 Å². The number of aromatic nitrogens is 1. The van der Waals surface area contributed by atoms with Gasteiger partial charge in [-0.2, -0.15) is 0 Å². The molecule has 180 valence electrons. The van der Waals surface area contributed by atoms with Crippen LogP contribution < -0.4 is 16.4 Å². The van der Waals surface area contributed by atoms with Crippen molar-refractivity contribution in [3.05, 3.63) is 119 Å². The first kappa shape index (κ1) is 21.0. The van der Waals surface area contributed by atoms with Crippen molar-refractivity contribution in [2.24, 2.45) is 0 Å². The summed E-state index contributed by atoms with van der Waals surface area (Å²) in [5.41, 5.74) is 17.1. The van der Waals surface area contributed by atoms with Crippen molar-refractivity contribution in [3.8, 4) is 16.8 Å². The van der Waals surface area contributed by atoms with Crippen molar-refractivity contribution in [2.45, 2.75) is 38.5 Å². The average molecular weight is 485 g/mol. The summed E-state index contributed by atoms with van der Waals surface area (Å²) in [6, 6.07) is 36.8. The maximum atomic E-state index is 2.60. The number of fused-ring (bicyclic) bond motifs is 4. The van der Waals surface area contributed by atoms with Gasteiger partial charge in [-0.1, -0.05) is 112 Å². The van der Waals surface area contributed by atoms with Crippen molar-refractivity contribution in [2.75, 3.05) is 0 Å². The van der Waals surface area contributed by atoms with Gasteiger partial charge in [0, 0.05) is 32.8 Å². The molecule has 2 heteroatoms. The van der Waals surface area contributed by atoms with Crippen LogP contribution in [-0.4, -0.2) is 11.3 Å². The van der Waals surface area contributed by atoms with E-state index in [4.69, 9.17) is 0 Å². The third-order valence-corrected chi connectivity index (χ3v) is 10.1. The summed E-state index contributed by atoms with van der Waals surface area (Å²) in [7, 11) is 0. The van der Waals surface area contributed by atoms with E-state index in [1.807, 2.05) is 0 Å². The molecule has 1 nitrogen and oxygen atoms in total. The lowest BCUT2D eigenvalue weighted by atomic mass is 9.26. The van der Waals surface area contributed by atoms with Crippen LogP contribution in [0.25, 0.3) is 38.6 Å². The van der Waals surface area contributed by atoms with E-state index < -0.39 is 0 Å². The maximum Gasteiger partial charge on any atom is 0.248 e. The Balaban J connectivity index is 1.51. The molecule has 0 saturated carbocycles. The van der Waals surface area contributed by atoms with E-state index in [2.05, 4.69) is 129 Å². The van der Waals surface area contributed by atoms with Gasteiger partial charge < -0.3 is 4.57 Å². The van der Waals surface area contributed by atoms with Crippen LogP contribution in [0.5, 0.6) is 0 Å². The molecule has 0 fully saturated rings. The van der Waals surface area contributed by atoms with E-state index in [0.717, 1.165) is 0 Å². The Labute approximate surface area is 223 Å². The quantitative estimate of drug-likeness (QED) is 0.232. The lowest BCUT2D eigenvalue weighted by Gasteiger charge is -2.48. The van der Waals surface area contributed by atoms with Gasteiger partial charge in [0.1, 0.15) is 0 Å². The molecule has 0 unspecified atom stereocenters. The SMILES string of the molecule is CC1(C)c2cccc3c2B2c4c1cccc4C(C)(C)c1ccc4c5cc(-c6ccccc6)ccc5n-3c4c12. The van der Waals surface area contributed by atoms with E-state index in [1.165, 1.54) is 71.8 Å². The number of hydrogen-bond acceptors (Lipinski definition) is 0. The van der Waals surface area contributed by atoms with Crippen LogP contribution >= 0.6 is 0 Å². The normalized spacial score (nSPS) is 16.8. The Morgan fingerprint density at radius 3 is 1.92 bits per heavy atom. The summed E-state index contributed by atoms with van der Waals surface area (Å²) in [6.45, 7) is 10.00. The first-order valence-corrected chi connectivity index (χ1v) is 13.8. The zero-order chi connectivity index (χ0) is 25.6. The fraction of sp³-hybridized carbons (Fsp3) is 0.167. The summed E-state index contributed by atoms with van der Waals surface area (Å²) in [5, 5.41) is 2.71. The fourth-order valence-electron chi connectivity index (χ4n) is 8.32. The Morgan fingerprint density at radius 2 is 1.18 bits per heavy atom. The molecule has 5 aromatic carbocycles. The van der Waals surface area contributed by atoms with Gasteiger partial charge in [0.15, 0.2) is 0 Å². The van der Waals surface area contributed by atoms with Gasteiger partial charge in [0.2, 0.25) is 6.71 Å². The molecule has 0 aliphatic carbocycles. The third kappa shape index (κ3) is 2.20. The second-order valence-corrected chi connectivity index (χ2v) is 12.5. The van der Waals surface area contributed by atoms with E-state index in [1.54, 1.807) is 5.46 Å². The Bertz CT molecular complexity index is 2010. The van der Waals surface area contributed by atoms with Crippen LogP contribution in [0.1, 0.15) is 49.9 Å². The van der Waals surface area contributed by atoms with Gasteiger partial charge >= 0.3 is 0 Å². The van der Waals surface area contributed by atoms with E-state index >= 15 is 0 Å². The topological polar surface area (TPSA) is 4.93 Å². The Morgan fingerprint density at radius 1 is 0.526 bits per heavy atom. The summed E-state index contributed by atoms with van der Waals surface area (Å²) < 4.78 is 2.60. The minimum absolute atomic E-state index is 0.0460. The fourth-order valence-corrected chi connectivity index (χ4v) is 8.32. The van der Waals surface area contributed by atoms with Gasteiger partial charge in [0.05, 0.1) is 5.52 Å². The molecule has 6 aromatic rings. The summed E-state index contributed by atoms with van der Waals surface area (Å²) in [5.74, 6) is 0. The summed E-state index contributed by atoms with van der Waals surface area (Å²) in [4.78, 5) is 0. The summed E-state index contributed by atoms with van der Waals surface area (Å²) in [6.07, 6.45) is 0. The molecule has 38 heavy (non-hydrogen) atoms. The maximum absolute atomic E-state index is 2.60. The molecule has 0 saturated heterocycles. The third-order valence-electron chi connectivity index (χ3n) is 10.1. The molecular weight excluding hydrogens is 457 g/mol. The molecule has 9 rings (SSSR count). The van der Waals surface area contributed by atoms with Crippen LogP contribution in [0.15, 0.2) is 97.1 Å². The molecule has 0 spiro atoms. The second kappa shape index (κ2) is 6.50. The highest BCUT2D eigenvalue weighted by atomic mass is 15.0. The monoisotopic (exact) mass is 485 g/mol. The summed E-state index contributed by atoms with van der Waals surface area (Å²) >= 11 is 0. The first-order chi connectivity index (χ1) is 18.4. The van der Waals surface area contributed by atoms with Gasteiger partial charge in [-0.05, 0) is 62.5 Å². The smallest absolute Gasteiger partial charge is 0.248 e. The molecule has 3 aliphatic rings. The van der Waals surface area contributed by atoms with E-state index in [-0.39, 0.29) is 17.5 Å². The lowest BCUT2D eigenvalue weighted by Crippen LogP contribution is -2.68. The van der Waals surface area contributed by atoms with Crippen molar-refractivity contribution in [1.29, 1.82) is 0 Å². The largest absolute Gasteiger partial charge is 0.310 e. The average Bonchev–Trinajstić information content (AvgIpc) is 3.27. The highest BCUT2D eigenvalue weighted by molar-refractivity contribution is 7.00. The molecule has 0 amide bonds. The Kier molecular flexibility index (Phi) is 3.59. The predicted octanol–water partition coefficient (Wildman–Crippen LogP) is 6.56. The molecular formula is C36H28BN. The standard InChI is InChI=1S/C36H28BN/c1-35(2)25-12-8-13-26-31(25)37-32-27(35)14-9-15-30(32)38-29-19-16-22(21-10-6-5-7-11-21)20-24(29)23-17-18-28(36(26,3)4)33(37)34(23)38/h5-20H,1-4H3. The number of hydrogen-bond donors (Lipinski definition) is 0. The molecule has 0 radical (unpaired) electrons. The minimum atomic E-state index is -0.0539. The first-order valence-electron chi connectivity index (χ1n) is 13.8. The van der Waals surface area contributed by atoms with Gasteiger partial charge in [0.25, 0.3) is 0 Å². The van der Waals surface area contributed by atoms with Crippen LogP contribution in [-0.2, 0) is 10.8 Å². The van der Waals surface area contributed by atoms with Crippen LogP contribution in [0, 0.1) is 0 Å². The molecule has 0 N–H and O–H groups in total. The van der Waals surface area contributed by atoms with E-state index in [0.29, 0.717) is 0 Å². The molecule has 4 heterocycles. The lowest BCUT2D eigenvalue weighted by molar-refractivity contribution is 0.621. The number of nitrogens with zero attached hydrogens (tertiary/aromatic N) is 1. The molecule has 0 atom stereocenters. The van der Waals surface area contributed by atoms with Gasteiger partial charge in [-0.25, -0.2) is 0 Å². The van der Waals surface area contributed by atoms with Crippen molar-refractivity contribution in [3.63, 3.8) is 0 Å². The number of benzene rings is 5. The zero-order valence-electron chi connectivity index (χ0n) is 22.3. The van der Waals surface area contributed by atoms with Crippen molar-refractivity contribution >= 4 is 44.9 Å². The van der Waals surface area contributed by atoms with Crippen molar-refractivity contribution < 1.29 is 0 Å². The Hall–Kier alpha value is -4.04. The highest BCUT2D eigenvalue weighted by Gasteiger charge is 2.51. The number of rotatable bonds is 1. The van der Waals surface area contributed by atoms with E-state index in [9.17, 15) is 0 Å². The molecule has 1 aromatic heterocycles. The minimum Gasteiger partial charge on any atom is -0.310 e. The molecule has 0 bridgehead atoms. The van der Waals surface area contributed by atoms with Crippen LogP contribution in [0.3, 0.4) is 0 Å². The highest BCUT2D eigenvalue weighted by Crippen LogP contribution is 2.46. The van der Waals surface area contributed by atoms with Crippen molar-refractivity contribution in [1.82, 2.24) is 4.57 Å².